The van der Waals surface area contributed by atoms with Crippen molar-refractivity contribution in [1.82, 2.24) is 14.9 Å². The van der Waals surface area contributed by atoms with Crippen molar-refractivity contribution in [3.8, 4) is 11.5 Å². The van der Waals surface area contributed by atoms with Crippen LogP contribution in [0.2, 0.25) is 0 Å². The Kier molecular flexibility index (Phi) is 32.2. The van der Waals surface area contributed by atoms with Gasteiger partial charge in [-0.15, -0.1) is 0 Å². The Bertz CT molecular complexity index is 1360. The summed E-state index contributed by atoms with van der Waals surface area (Å²) in [5, 5.41) is 36.9. The predicted octanol–water partition coefficient (Wildman–Crippen LogP) is 2.66. The number of hydrogen-bond acceptors (Lipinski definition) is 17. The van der Waals surface area contributed by atoms with E-state index in [4.69, 9.17) is 48.1 Å². The van der Waals surface area contributed by atoms with E-state index >= 15 is 0 Å². The summed E-state index contributed by atoms with van der Waals surface area (Å²) in [4.78, 5) is 45.3. The molecule has 2 aromatic rings. The fraction of sp³-hybridized carbons (Fsp3) is 0.683. The van der Waals surface area contributed by atoms with Crippen LogP contribution in [0.25, 0.3) is 0 Å². The van der Waals surface area contributed by atoms with E-state index in [0.717, 1.165) is 25.7 Å². The molecule has 1 amide bonds. The molecule has 2 rings (SSSR count). The second-order valence-corrected chi connectivity index (χ2v) is 12.7. The van der Waals surface area contributed by atoms with Gasteiger partial charge in [0.25, 0.3) is 0 Å². The van der Waals surface area contributed by atoms with Gasteiger partial charge in [0.1, 0.15) is 18.1 Å². The fourth-order valence-corrected chi connectivity index (χ4v) is 5.16. The molecule has 0 fully saturated rings. The highest BCUT2D eigenvalue weighted by atomic mass is 16.6. The topological polar surface area (TPSA) is 235 Å². The van der Waals surface area contributed by atoms with E-state index in [0.29, 0.717) is 120 Å². The molecular weight excluding hydrogens is 774 g/mol. The van der Waals surface area contributed by atoms with Crippen LogP contribution in [0.1, 0.15) is 88.0 Å². The lowest BCUT2D eigenvalue weighted by molar-refractivity contribution is -0.144. The van der Waals surface area contributed by atoms with Crippen molar-refractivity contribution in [1.29, 1.82) is 0 Å². The summed E-state index contributed by atoms with van der Waals surface area (Å²) in [6.45, 7) is 7.78. The van der Waals surface area contributed by atoms with Crippen molar-refractivity contribution in [3.63, 3.8) is 0 Å². The third-order valence-corrected chi connectivity index (χ3v) is 8.04. The van der Waals surface area contributed by atoms with E-state index in [-0.39, 0.29) is 70.3 Å². The maximum absolute atomic E-state index is 12.8. The Morgan fingerprint density at radius 3 is 1.44 bits per heavy atom. The second kappa shape index (κ2) is 35.9. The number of rotatable bonds is 34. The summed E-state index contributed by atoms with van der Waals surface area (Å²) in [5.74, 6) is 0.484. The average Bonchev–Trinajstić information content (AvgIpc) is 3.24. The van der Waals surface area contributed by atoms with Gasteiger partial charge in [0.05, 0.1) is 128 Å². The van der Waals surface area contributed by atoms with Gasteiger partial charge in [-0.2, -0.15) is 0 Å². The zero-order chi connectivity index (χ0) is 43.4. The van der Waals surface area contributed by atoms with Gasteiger partial charge in [-0.25, -0.2) is 0 Å². The van der Waals surface area contributed by atoms with Gasteiger partial charge in [0.15, 0.2) is 0 Å². The van der Waals surface area contributed by atoms with Crippen molar-refractivity contribution >= 4 is 17.8 Å². The molecule has 0 aliphatic rings. The smallest absolute Gasteiger partial charge is 0.305 e. The Morgan fingerprint density at radius 2 is 0.966 bits per heavy atom. The number of aliphatic hydroxyl groups excluding tert-OH is 4. The van der Waals surface area contributed by atoms with Crippen LogP contribution in [0.5, 0.6) is 11.5 Å². The minimum Gasteiger partial charge on any atom is -0.493 e. The van der Waals surface area contributed by atoms with Gasteiger partial charge >= 0.3 is 11.9 Å². The van der Waals surface area contributed by atoms with Gasteiger partial charge in [-0.1, -0.05) is 12.8 Å². The molecule has 0 atom stereocenters. The quantitative estimate of drug-likeness (QED) is 0.0586. The monoisotopic (exact) mass is 841 g/mol. The fourth-order valence-electron chi connectivity index (χ4n) is 5.16. The van der Waals surface area contributed by atoms with Crippen LogP contribution in [0.3, 0.4) is 0 Å². The molecule has 4 N–H and O–H groups in total. The molecular formula is C41H67N3O15. The molecule has 0 radical (unpaired) electrons. The van der Waals surface area contributed by atoms with Gasteiger partial charge in [0.2, 0.25) is 5.91 Å². The molecule has 2 aromatic heterocycles. The van der Waals surface area contributed by atoms with Crippen molar-refractivity contribution in [2.45, 2.75) is 91.6 Å². The number of nitrogens with zero attached hydrogens (tertiary/aromatic N) is 3. The first-order valence-electron chi connectivity index (χ1n) is 20.2. The van der Waals surface area contributed by atoms with Gasteiger partial charge in [-0.3, -0.25) is 24.4 Å². The van der Waals surface area contributed by atoms with Crippen LogP contribution in [0.15, 0.2) is 24.3 Å². The largest absolute Gasteiger partial charge is 0.493 e. The summed E-state index contributed by atoms with van der Waals surface area (Å²) < 4.78 is 42.3. The van der Waals surface area contributed by atoms with Crippen molar-refractivity contribution in [2.24, 2.45) is 0 Å². The Hall–Kier alpha value is -4.01. The number of carbonyl (C=O) groups excluding carboxylic acids is 3. The van der Waals surface area contributed by atoms with Gasteiger partial charge < -0.3 is 63.2 Å². The van der Waals surface area contributed by atoms with Crippen LogP contribution in [-0.4, -0.2) is 146 Å². The number of ether oxygens (including phenoxy) is 8. The number of hydrogen-bond donors (Lipinski definition) is 4. The third-order valence-electron chi connectivity index (χ3n) is 8.04. The maximum Gasteiger partial charge on any atom is 0.305 e. The third kappa shape index (κ3) is 27.4. The van der Waals surface area contributed by atoms with Crippen molar-refractivity contribution in [2.75, 3.05) is 92.9 Å². The van der Waals surface area contributed by atoms with Crippen molar-refractivity contribution in [3.05, 3.63) is 47.0 Å². The molecule has 18 heteroatoms. The number of carbonyl (C=O) groups is 3. The molecule has 0 saturated carbocycles. The lowest BCUT2D eigenvalue weighted by Crippen LogP contribution is -2.36. The summed E-state index contributed by atoms with van der Waals surface area (Å²) >= 11 is 0. The van der Waals surface area contributed by atoms with E-state index in [1.54, 1.807) is 50.1 Å². The molecule has 0 unspecified atom stereocenters. The van der Waals surface area contributed by atoms with E-state index in [9.17, 15) is 24.6 Å². The van der Waals surface area contributed by atoms with Crippen LogP contribution in [0.4, 0.5) is 0 Å². The second-order valence-electron chi connectivity index (χ2n) is 12.7. The van der Waals surface area contributed by atoms with E-state index < -0.39 is 0 Å². The molecule has 0 spiro atoms. The minimum atomic E-state index is -0.302. The number of aliphatic hydroxyl groups is 4. The van der Waals surface area contributed by atoms with Crippen LogP contribution >= 0.6 is 0 Å². The SMILES string of the molecule is CCOC(=O)CCCCCCOc1cc(CO)nc(CO)c1.CCOC(=O)CCCN(CCOc1cc(CO)nc(CO)c1)C(=O)CCOCCOCCOCCOC. The highest BCUT2D eigenvalue weighted by Gasteiger charge is 2.15. The van der Waals surface area contributed by atoms with Crippen LogP contribution in [0, 0.1) is 0 Å². The standard InChI is InChI=1S/C25H42N2O10.C16H25NO5/c1-3-36-25(31)5-4-7-27(8-10-37-23-17-21(19-28)26-22(18-23)20-29)24(30)6-9-33-13-14-35-16-15-34-12-11-32-2;1-2-21-16(20)7-5-3-4-6-8-22-15-9-13(11-18)17-14(10-15)12-19/h17-18,28-29H,3-16,19-20H2,1-2H3;9-10,18-19H,2-8,11-12H2,1H3. The predicted molar refractivity (Wildman–Crippen MR) is 214 cm³/mol. The Morgan fingerprint density at radius 1 is 0.525 bits per heavy atom. The Labute approximate surface area is 348 Å². The average molecular weight is 842 g/mol. The lowest BCUT2D eigenvalue weighted by Gasteiger charge is -2.23. The number of esters is 2. The molecule has 0 bridgehead atoms. The highest BCUT2D eigenvalue weighted by Crippen LogP contribution is 2.17. The number of unbranched alkanes of at least 4 members (excludes halogenated alkanes) is 3. The normalized spacial score (nSPS) is 10.8. The molecule has 59 heavy (non-hydrogen) atoms. The maximum atomic E-state index is 12.8. The number of pyridine rings is 2. The zero-order valence-corrected chi connectivity index (χ0v) is 35.1. The van der Waals surface area contributed by atoms with E-state index in [1.165, 1.54) is 0 Å². The minimum absolute atomic E-state index is 0.123. The zero-order valence-electron chi connectivity index (χ0n) is 35.1. The molecule has 0 aromatic carbocycles. The molecule has 2 heterocycles. The number of amides is 1. The highest BCUT2D eigenvalue weighted by molar-refractivity contribution is 5.76. The first kappa shape index (κ1) is 53.0. The van der Waals surface area contributed by atoms with Crippen molar-refractivity contribution < 1.29 is 72.7 Å². The number of aromatic nitrogens is 2. The molecule has 0 aliphatic carbocycles. The first-order valence-corrected chi connectivity index (χ1v) is 20.2. The van der Waals surface area contributed by atoms with E-state index in [1.807, 2.05) is 0 Å². The summed E-state index contributed by atoms with van der Waals surface area (Å²) in [7, 11) is 1.61. The van der Waals surface area contributed by atoms with Gasteiger partial charge in [-0.05, 0) is 33.1 Å². The van der Waals surface area contributed by atoms with Crippen LogP contribution in [-0.2, 0) is 69.2 Å². The molecule has 18 nitrogen and oxygen atoms in total. The molecule has 0 saturated heterocycles. The summed E-state index contributed by atoms with van der Waals surface area (Å²) in [6, 6.07) is 6.49. The Balaban J connectivity index is 0.000000672. The lowest BCUT2D eigenvalue weighted by atomic mass is 10.1. The summed E-state index contributed by atoms with van der Waals surface area (Å²) in [6.07, 6.45) is 4.98. The van der Waals surface area contributed by atoms with E-state index in [2.05, 4.69) is 9.97 Å². The number of methoxy groups -OCH3 is 1. The first-order chi connectivity index (χ1) is 28.7. The van der Waals surface area contributed by atoms with Crippen LogP contribution < -0.4 is 9.47 Å². The molecule has 336 valence electrons. The molecule has 0 aliphatic heterocycles. The summed E-state index contributed by atoms with van der Waals surface area (Å²) in [5.41, 5.74) is 1.72. The van der Waals surface area contributed by atoms with Gasteiger partial charge in [0, 0.05) is 50.8 Å².